The van der Waals surface area contributed by atoms with Gasteiger partial charge in [0.15, 0.2) is 0 Å². The molecule has 1 saturated heterocycles. The van der Waals surface area contributed by atoms with E-state index in [0.717, 1.165) is 13.0 Å². The molecule has 0 aliphatic carbocycles. The molecule has 2 unspecified atom stereocenters. The predicted molar refractivity (Wildman–Crippen MR) is 80.5 cm³/mol. The standard InChI is InChI=1S/C14H20N2O4S/c1-9-3-5-16(7-11(9)17)8-12(18)15-10-4-6-21-13(10)14(19)20-2/h4,6,9,11,17H,3,5,7-8H2,1-2H3,(H,15,18). The van der Waals surface area contributed by atoms with Crippen molar-refractivity contribution in [1.29, 1.82) is 0 Å². The molecule has 0 saturated carbocycles. The van der Waals surface area contributed by atoms with Crippen LogP contribution in [0.4, 0.5) is 5.69 Å². The summed E-state index contributed by atoms with van der Waals surface area (Å²) in [7, 11) is 1.31. The highest BCUT2D eigenvalue weighted by molar-refractivity contribution is 7.12. The normalized spacial score (nSPS) is 22.8. The van der Waals surface area contributed by atoms with Crippen LogP contribution >= 0.6 is 11.3 Å². The molecule has 0 bridgehead atoms. The molecule has 2 N–H and O–H groups in total. The first-order valence-electron chi connectivity index (χ1n) is 6.87. The molecule has 2 rings (SSSR count). The van der Waals surface area contributed by atoms with Gasteiger partial charge in [-0.3, -0.25) is 9.69 Å². The van der Waals surface area contributed by atoms with Crippen molar-refractivity contribution in [2.45, 2.75) is 19.4 Å². The van der Waals surface area contributed by atoms with Gasteiger partial charge in [-0.25, -0.2) is 4.79 Å². The number of aliphatic hydroxyl groups is 1. The van der Waals surface area contributed by atoms with E-state index in [0.29, 0.717) is 17.1 Å². The molecule has 1 aromatic rings. The highest BCUT2D eigenvalue weighted by Crippen LogP contribution is 2.23. The number of thiophene rings is 1. The zero-order chi connectivity index (χ0) is 15.4. The van der Waals surface area contributed by atoms with Gasteiger partial charge in [-0.05, 0) is 30.3 Å². The van der Waals surface area contributed by atoms with Crippen LogP contribution in [0.15, 0.2) is 11.4 Å². The number of likely N-dealkylation sites (tertiary alicyclic amines) is 1. The lowest BCUT2D eigenvalue weighted by atomic mass is 9.96. The summed E-state index contributed by atoms with van der Waals surface area (Å²) in [5.74, 6) is -0.380. The Labute approximate surface area is 127 Å². The average Bonchev–Trinajstić information content (AvgIpc) is 2.90. The van der Waals surface area contributed by atoms with Gasteiger partial charge in [0.25, 0.3) is 0 Å². The van der Waals surface area contributed by atoms with E-state index in [2.05, 4.69) is 10.1 Å². The summed E-state index contributed by atoms with van der Waals surface area (Å²) >= 11 is 1.23. The van der Waals surface area contributed by atoms with Crippen molar-refractivity contribution >= 4 is 28.9 Å². The minimum absolute atomic E-state index is 0.194. The minimum Gasteiger partial charge on any atom is -0.465 e. The molecule has 7 heteroatoms. The number of carbonyl (C=O) groups excluding carboxylic acids is 2. The highest BCUT2D eigenvalue weighted by atomic mass is 32.1. The molecule has 1 fully saturated rings. The molecule has 21 heavy (non-hydrogen) atoms. The molecule has 0 spiro atoms. The monoisotopic (exact) mass is 312 g/mol. The molecule has 0 radical (unpaired) electrons. The lowest BCUT2D eigenvalue weighted by molar-refractivity contribution is -0.118. The van der Waals surface area contributed by atoms with E-state index in [9.17, 15) is 14.7 Å². The van der Waals surface area contributed by atoms with Gasteiger partial charge in [0.1, 0.15) is 4.88 Å². The molecule has 2 atom stereocenters. The lowest BCUT2D eigenvalue weighted by Crippen LogP contribution is -2.45. The van der Waals surface area contributed by atoms with Gasteiger partial charge in [0.2, 0.25) is 5.91 Å². The SMILES string of the molecule is COC(=O)c1sccc1NC(=O)CN1CCC(C)C(O)C1. The Morgan fingerprint density at radius 2 is 2.33 bits per heavy atom. The molecule has 1 aromatic heterocycles. The number of methoxy groups -OCH3 is 1. The number of β-amino-alcohol motifs (C(OH)–C–C–N with tert-alkyl or cyclic N) is 1. The third-order valence-electron chi connectivity index (χ3n) is 3.68. The van der Waals surface area contributed by atoms with Crippen LogP contribution < -0.4 is 5.32 Å². The Kier molecular flexibility index (Phi) is 5.33. The fourth-order valence-corrected chi connectivity index (χ4v) is 3.08. The van der Waals surface area contributed by atoms with Crippen LogP contribution in [0.5, 0.6) is 0 Å². The second-order valence-electron chi connectivity index (χ2n) is 5.27. The van der Waals surface area contributed by atoms with Crippen LogP contribution in [0.1, 0.15) is 23.0 Å². The van der Waals surface area contributed by atoms with E-state index in [1.165, 1.54) is 18.4 Å². The van der Waals surface area contributed by atoms with Gasteiger partial charge in [-0.15, -0.1) is 11.3 Å². The maximum absolute atomic E-state index is 12.0. The topological polar surface area (TPSA) is 78.9 Å². The number of nitrogens with zero attached hydrogens (tertiary/aromatic N) is 1. The Morgan fingerprint density at radius 1 is 1.57 bits per heavy atom. The molecular formula is C14H20N2O4S. The maximum atomic E-state index is 12.0. The largest absolute Gasteiger partial charge is 0.465 e. The molecule has 1 aliphatic rings. The van der Waals surface area contributed by atoms with Gasteiger partial charge in [-0.1, -0.05) is 6.92 Å². The van der Waals surface area contributed by atoms with Crippen molar-refractivity contribution in [2.24, 2.45) is 5.92 Å². The van der Waals surface area contributed by atoms with Gasteiger partial charge in [0.05, 0.1) is 25.4 Å². The van der Waals surface area contributed by atoms with Gasteiger partial charge in [-0.2, -0.15) is 0 Å². The number of carbonyl (C=O) groups is 2. The van der Waals surface area contributed by atoms with Crippen LogP contribution in [-0.2, 0) is 9.53 Å². The minimum atomic E-state index is -0.456. The summed E-state index contributed by atoms with van der Waals surface area (Å²) in [6.07, 6.45) is 0.485. The molecule has 1 aliphatic heterocycles. The first-order valence-corrected chi connectivity index (χ1v) is 7.75. The van der Waals surface area contributed by atoms with Crippen molar-refractivity contribution in [3.05, 3.63) is 16.3 Å². The summed E-state index contributed by atoms with van der Waals surface area (Å²) < 4.78 is 4.67. The number of nitrogens with one attached hydrogen (secondary N) is 1. The smallest absolute Gasteiger partial charge is 0.350 e. The molecular weight excluding hydrogens is 292 g/mol. The van der Waals surface area contributed by atoms with E-state index >= 15 is 0 Å². The number of esters is 1. The molecule has 116 valence electrons. The molecule has 6 nitrogen and oxygen atoms in total. The summed E-state index contributed by atoms with van der Waals surface area (Å²) in [5.41, 5.74) is 0.475. The van der Waals surface area contributed by atoms with Gasteiger partial charge in [0, 0.05) is 6.54 Å². The van der Waals surface area contributed by atoms with Crippen LogP contribution in [0.3, 0.4) is 0 Å². The number of amides is 1. The predicted octanol–water partition coefficient (Wildman–Crippen LogP) is 1.18. The average molecular weight is 312 g/mol. The highest BCUT2D eigenvalue weighted by Gasteiger charge is 2.25. The molecule has 0 aromatic carbocycles. The van der Waals surface area contributed by atoms with Gasteiger partial charge < -0.3 is 15.2 Å². The third-order valence-corrected chi connectivity index (χ3v) is 4.57. The third kappa shape index (κ3) is 4.03. The van der Waals surface area contributed by atoms with Crippen molar-refractivity contribution < 1.29 is 19.4 Å². The quantitative estimate of drug-likeness (QED) is 0.816. The number of piperidine rings is 1. The van der Waals surface area contributed by atoms with Crippen molar-refractivity contribution in [3.63, 3.8) is 0 Å². The van der Waals surface area contributed by atoms with Crippen molar-refractivity contribution in [3.8, 4) is 0 Å². The lowest BCUT2D eigenvalue weighted by Gasteiger charge is -2.33. The number of anilines is 1. The van der Waals surface area contributed by atoms with E-state index in [1.54, 1.807) is 11.4 Å². The first-order chi connectivity index (χ1) is 10.0. The van der Waals surface area contributed by atoms with Crippen LogP contribution in [0, 0.1) is 5.92 Å². The van der Waals surface area contributed by atoms with Crippen LogP contribution in [-0.4, -0.2) is 54.7 Å². The Hall–Kier alpha value is -1.44. The summed E-state index contributed by atoms with van der Waals surface area (Å²) in [5, 5.41) is 14.3. The summed E-state index contributed by atoms with van der Waals surface area (Å²) in [6.45, 7) is 3.51. The van der Waals surface area contributed by atoms with E-state index in [4.69, 9.17) is 0 Å². The molecule has 2 heterocycles. The summed E-state index contributed by atoms with van der Waals surface area (Å²) in [6, 6.07) is 1.68. The molecule has 1 amide bonds. The Morgan fingerprint density at radius 3 is 3.00 bits per heavy atom. The second-order valence-corrected chi connectivity index (χ2v) is 6.19. The maximum Gasteiger partial charge on any atom is 0.350 e. The fourth-order valence-electron chi connectivity index (χ4n) is 2.31. The first kappa shape index (κ1) is 15.9. The van der Waals surface area contributed by atoms with Crippen molar-refractivity contribution in [1.82, 2.24) is 4.90 Å². The number of hydrogen-bond donors (Lipinski definition) is 2. The fraction of sp³-hybridized carbons (Fsp3) is 0.571. The van der Waals surface area contributed by atoms with Gasteiger partial charge >= 0.3 is 5.97 Å². The zero-order valence-electron chi connectivity index (χ0n) is 12.2. The van der Waals surface area contributed by atoms with Crippen LogP contribution in [0.2, 0.25) is 0 Å². The number of hydrogen-bond acceptors (Lipinski definition) is 6. The van der Waals surface area contributed by atoms with Crippen LogP contribution in [0.25, 0.3) is 0 Å². The Bertz CT molecular complexity index is 517. The number of aliphatic hydroxyl groups excluding tert-OH is 1. The zero-order valence-corrected chi connectivity index (χ0v) is 13.0. The van der Waals surface area contributed by atoms with E-state index < -0.39 is 12.1 Å². The van der Waals surface area contributed by atoms with E-state index in [-0.39, 0.29) is 18.4 Å². The number of ether oxygens (including phenoxy) is 1. The van der Waals surface area contributed by atoms with E-state index in [1.807, 2.05) is 11.8 Å². The van der Waals surface area contributed by atoms with Crippen molar-refractivity contribution in [2.75, 3.05) is 32.1 Å². The second kappa shape index (κ2) is 7.02. The number of rotatable bonds is 4. The summed E-state index contributed by atoms with van der Waals surface area (Å²) in [4.78, 5) is 25.9. The Balaban J connectivity index is 1.91.